The molecule has 0 fully saturated rings. The van der Waals surface area contributed by atoms with E-state index in [1.54, 1.807) is 13.8 Å². The maximum atomic E-state index is 10.9. The van der Waals surface area contributed by atoms with E-state index >= 15 is 0 Å². The van der Waals surface area contributed by atoms with Crippen LogP contribution in [-0.2, 0) is 14.3 Å². The molecule has 1 amide bonds. The van der Waals surface area contributed by atoms with Gasteiger partial charge < -0.3 is 10.1 Å². The van der Waals surface area contributed by atoms with E-state index in [1.807, 2.05) is 0 Å². The van der Waals surface area contributed by atoms with Gasteiger partial charge in [-0.1, -0.05) is 13.2 Å². The largest absolute Gasteiger partial charge is 0.460 e. The van der Waals surface area contributed by atoms with Gasteiger partial charge in [0.15, 0.2) is 0 Å². The molecular formula is C10H15NO3. The first-order chi connectivity index (χ1) is 6.47. The molecule has 4 nitrogen and oxygen atoms in total. The van der Waals surface area contributed by atoms with Crippen molar-refractivity contribution >= 4 is 11.9 Å². The van der Waals surface area contributed by atoms with Gasteiger partial charge in [0, 0.05) is 5.57 Å². The topological polar surface area (TPSA) is 55.4 Å². The Hall–Kier alpha value is -1.58. The van der Waals surface area contributed by atoms with Crippen LogP contribution >= 0.6 is 0 Å². The quantitative estimate of drug-likeness (QED) is 0.524. The third-order valence-corrected chi connectivity index (χ3v) is 1.39. The van der Waals surface area contributed by atoms with E-state index in [1.165, 1.54) is 0 Å². The van der Waals surface area contributed by atoms with Gasteiger partial charge in [0.25, 0.3) is 0 Å². The van der Waals surface area contributed by atoms with Crippen molar-refractivity contribution in [1.29, 1.82) is 0 Å². The maximum absolute atomic E-state index is 10.9. The molecule has 0 rings (SSSR count). The van der Waals surface area contributed by atoms with Crippen molar-refractivity contribution in [3.63, 3.8) is 0 Å². The average molecular weight is 197 g/mol. The highest BCUT2D eigenvalue weighted by molar-refractivity contribution is 5.87. The number of amides is 1. The number of rotatable bonds is 5. The molecule has 0 aromatic carbocycles. The van der Waals surface area contributed by atoms with Crippen molar-refractivity contribution in [2.24, 2.45) is 0 Å². The lowest BCUT2D eigenvalue weighted by atomic mass is 10.3. The summed E-state index contributed by atoms with van der Waals surface area (Å²) in [7, 11) is 0. The summed E-state index contributed by atoms with van der Waals surface area (Å²) < 4.78 is 4.82. The Bertz CT molecular complexity index is 258. The van der Waals surface area contributed by atoms with Crippen LogP contribution in [0.25, 0.3) is 0 Å². The van der Waals surface area contributed by atoms with Gasteiger partial charge in [-0.3, -0.25) is 4.79 Å². The summed E-state index contributed by atoms with van der Waals surface area (Å²) in [6.07, 6.45) is 1.16. The third kappa shape index (κ3) is 5.13. The molecule has 4 heteroatoms. The van der Waals surface area contributed by atoms with Crippen LogP contribution < -0.4 is 5.32 Å². The van der Waals surface area contributed by atoms with Gasteiger partial charge >= 0.3 is 5.97 Å². The molecule has 0 aromatic heterocycles. The van der Waals surface area contributed by atoms with E-state index < -0.39 is 5.97 Å². The molecule has 0 spiro atoms. The van der Waals surface area contributed by atoms with Crippen molar-refractivity contribution in [2.45, 2.75) is 19.9 Å². The van der Waals surface area contributed by atoms with Gasteiger partial charge in [0.2, 0.25) is 5.91 Å². The smallest absolute Gasteiger partial charge is 0.333 e. The minimum Gasteiger partial charge on any atom is -0.460 e. The fraction of sp³-hybridized carbons (Fsp3) is 0.400. The van der Waals surface area contributed by atoms with Crippen LogP contribution in [0.1, 0.15) is 13.8 Å². The van der Waals surface area contributed by atoms with Crippen molar-refractivity contribution in [3.8, 4) is 0 Å². The lowest BCUT2D eigenvalue weighted by Crippen LogP contribution is -2.35. The number of esters is 1. The Morgan fingerprint density at radius 1 is 1.57 bits per heavy atom. The Morgan fingerprint density at radius 3 is 2.57 bits per heavy atom. The molecule has 0 aliphatic heterocycles. The molecule has 0 radical (unpaired) electrons. The molecule has 1 N–H and O–H groups in total. The van der Waals surface area contributed by atoms with E-state index in [2.05, 4.69) is 18.5 Å². The zero-order chi connectivity index (χ0) is 11.1. The SMILES string of the molecule is C=CC(=O)NC(C)COC(=O)C(=C)C. The third-order valence-electron chi connectivity index (χ3n) is 1.39. The van der Waals surface area contributed by atoms with Gasteiger partial charge in [-0.15, -0.1) is 0 Å². The van der Waals surface area contributed by atoms with Gasteiger partial charge in [-0.05, 0) is 19.9 Å². The second-order valence-corrected chi connectivity index (χ2v) is 2.99. The summed E-state index contributed by atoms with van der Waals surface area (Å²) in [5.74, 6) is -0.742. The standard InChI is InChI=1S/C10H15NO3/c1-5-9(12)11-8(4)6-14-10(13)7(2)3/h5,8H,1-2,6H2,3-4H3,(H,11,12). The molecule has 0 saturated heterocycles. The Kier molecular flexibility index (Phi) is 5.29. The zero-order valence-electron chi connectivity index (χ0n) is 8.50. The van der Waals surface area contributed by atoms with Crippen molar-refractivity contribution in [3.05, 3.63) is 24.8 Å². The minimum absolute atomic E-state index is 0.130. The molecule has 0 bridgehead atoms. The first-order valence-corrected chi connectivity index (χ1v) is 4.23. The summed E-state index contributed by atoms with van der Waals surface area (Å²) in [5, 5.41) is 2.56. The molecule has 0 heterocycles. The molecule has 1 unspecified atom stereocenters. The zero-order valence-corrected chi connectivity index (χ0v) is 8.50. The van der Waals surface area contributed by atoms with Crippen molar-refractivity contribution in [1.82, 2.24) is 5.32 Å². The lowest BCUT2D eigenvalue weighted by molar-refractivity contribution is -0.140. The minimum atomic E-state index is -0.454. The molecule has 0 aliphatic rings. The fourth-order valence-corrected chi connectivity index (χ4v) is 0.667. The van der Waals surface area contributed by atoms with E-state index in [4.69, 9.17) is 4.74 Å². The van der Waals surface area contributed by atoms with Crippen LogP contribution in [0.15, 0.2) is 24.8 Å². The molecule has 0 saturated carbocycles. The fourth-order valence-electron chi connectivity index (χ4n) is 0.667. The molecule has 1 atom stereocenters. The molecule has 0 aromatic rings. The van der Waals surface area contributed by atoms with Crippen LogP contribution in [0.2, 0.25) is 0 Å². The predicted octanol–water partition coefficient (Wildman–Crippen LogP) is 0.796. The van der Waals surface area contributed by atoms with Crippen molar-refractivity contribution in [2.75, 3.05) is 6.61 Å². The van der Waals surface area contributed by atoms with E-state index in [-0.39, 0.29) is 18.6 Å². The van der Waals surface area contributed by atoms with Crippen LogP contribution in [0.3, 0.4) is 0 Å². The number of ether oxygens (including phenoxy) is 1. The summed E-state index contributed by atoms with van der Waals surface area (Å²) in [4.78, 5) is 21.8. The average Bonchev–Trinajstić information content (AvgIpc) is 2.13. The second kappa shape index (κ2) is 5.96. The highest BCUT2D eigenvalue weighted by Gasteiger charge is 2.08. The number of hydrogen-bond donors (Lipinski definition) is 1. The molecule has 78 valence electrons. The highest BCUT2D eigenvalue weighted by atomic mass is 16.5. The Labute approximate surface area is 83.6 Å². The Balaban J connectivity index is 3.79. The van der Waals surface area contributed by atoms with Gasteiger partial charge in [-0.25, -0.2) is 4.79 Å². The summed E-state index contributed by atoms with van der Waals surface area (Å²) in [5.41, 5.74) is 0.340. The maximum Gasteiger partial charge on any atom is 0.333 e. The Morgan fingerprint density at radius 2 is 2.14 bits per heavy atom. The number of nitrogens with one attached hydrogen (secondary N) is 1. The first-order valence-electron chi connectivity index (χ1n) is 4.23. The monoisotopic (exact) mass is 197 g/mol. The van der Waals surface area contributed by atoms with Crippen LogP contribution in [0.5, 0.6) is 0 Å². The van der Waals surface area contributed by atoms with Gasteiger partial charge in [0.05, 0.1) is 6.04 Å². The normalized spacial score (nSPS) is 11.3. The number of hydrogen-bond acceptors (Lipinski definition) is 3. The van der Waals surface area contributed by atoms with E-state index in [9.17, 15) is 9.59 Å². The van der Waals surface area contributed by atoms with Crippen molar-refractivity contribution < 1.29 is 14.3 Å². The molecular weight excluding hydrogens is 182 g/mol. The van der Waals surface area contributed by atoms with E-state index in [0.717, 1.165) is 6.08 Å². The van der Waals surface area contributed by atoms with Crippen LogP contribution in [-0.4, -0.2) is 24.5 Å². The van der Waals surface area contributed by atoms with Crippen LogP contribution in [0.4, 0.5) is 0 Å². The summed E-state index contributed by atoms with van der Waals surface area (Å²) >= 11 is 0. The predicted molar refractivity (Wildman–Crippen MR) is 53.6 cm³/mol. The summed E-state index contributed by atoms with van der Waals surface area (Å²) in [6, 6.07) is -0.233. The lowest BCUT2D eigenvalue weighted by Gasteiger charge is -2.12. The second-order valence-electron chi connectivity index (χ2n) is 2.99. The first kappa shape index (κ1) is 12.4. The van der Waals surface area contributed by atoms with Gasteiger partial charge in [-0.2, -0.15) is 0 Å². The van der Waals surface area contributed by atoms with Gasteiger partial charge in [0.1, 0.15) is 6.61 Å². The number of carbonyl (C=O) groups is 2. The summed E-state index contributed by atoms with van der Waals surface area (Å²) in [6.45, 7) is 10.2. The van der Waals surface area contributed by atoms with Crippen LogP contribution in [0, 0.1) is 0 Å². The molecule has 0 aliphatic carbocycles. The molecule has 14 heavy (non-hydrogen) atoms. The van der Waals surface area contributed by atoms with E-state index in [0.29, 0.717) is 5.57 Å². The number of carbonyl (C=O) groups excluding carboxylic acids is 2. The highest BCUT2D eigenvalue weighted by Crippen LogP contribution is 1.93.